The summed E-state index contributed by atoms with van der Waals surface area (Å²) < 4.78 is 0. The molecular weight excluding hydrogens is 278 g/mol. The zero-order chi connectivity index (χ0) is 14.7. The summed E-state index contributed by atoms with van der Waals surface area (Å²) in [6, 6.07) is 8.99. The zero-order valence-electron chi connectivity index (χ0n) is 12.8. The van der Waals surface area contributed by atoms with Gasteiger partial charge in [0.2, 0.25) is 0 Å². The molecule has 0 amide bonds. The first kappa shape index (κ1) is 14.7. The van der Waals surface area contributed by atoms with Crippen molar-refractivity contribution in [2.75, 3.05) is 26.2 Å². The minimum atomic E-state index is 0.296. The highest BCUT2D eigenvalue weighted by Gasteiger charge is 2.26. The van der Waals surface area contributed by atoms with Crippen LogP contribution in [-0.4, -0.2) is 36.1 Å². The Morgan fingerprint density at radius 3 is 2.86 bits per heavy atom. The van der Waals surface area contributed by atoms with Gasteiger partial charge >= 0.3 is 0 Å². The van der Waals surface area contributed by atoms with Crippen LogP contribution >= 0.6 is 11.3 Å². The standard InChI is InChI=1S/C17H23N3S/c1-13-5-3-9-19-16(13)17(15-7-6-14(2)21-15)20-11-4-8-18-10-12-20/h3,5-7,9,17-18H,4,8,10-12H2,1-2H3. The second-order valence-corrected chi connectivity index (χ2v) is 7.02. The van der Waals surface area contributed by atoms with E-state index in [1.165, 1.54) is 27.4 Å². The van der Waals surface area contributed by atoms with Gasteiger partial charge in [-0.1, -0.05) is 6.07 Å². The normalized spacial score (nSPS) is 18.4. The number of nitrogens with one attached hydrogen (secondary N) is 1. The van der Waals surface area contributed by atoms with E-state index in [2.05, 4.69) is 42.3 Å². The Balaban J connectivity index is 2.00. The average molecular weight is 301 g/mol. The molecule has 112 valence electrons. The third-order valence-electron chi connectivity index (χ3n) is 4.08. The molecule has 0 radical (unpaired) electrons. The Morgan fingerprint density at radius 2 is 2.10 bits per heavy atom. The van der Waals surface area contributed by atoms with Crippen molar-refractivity contribution in [1.82, 2.24) is 15.2 Å². The fraction of sp³-hybridized carbons (Fsp3) is 0.471. The molecule has 3 nitrogen and oxygen atoms in total. The predicted molar refractivity (Wildman–Crippen MR) is 88.9 cm³/mol. The van der Waals surface area contributed by atoms with Crippen LogP contribution in [-0.2, 0) is 0 Å². The van der Waals surface area contributed by atoms with Gasteiger partial charge in [-0.2, -0.15) is 0 Å². The maximum Gasteiger partial charge on any atom is 0.0873 e. The highest BCUT2D eigenvalue weighted by Crippen LogP contribution is 2.34. The smallest absolute Gasteiger partial charge is 0.0873 e. The van der Waals surface area contributed by atoms with Gasteiger partial charge in [0, 0.05) is 35.6 Å². The topological polar surface area (TPSA) is 28.2 Å². The molecule has 1 unspecified atom stereocenters. The first-order chi connectivity index (χ1) is 10.3. The minimum Gasteiger partial charge on any atom is -0.315 e. The van der Waals surface area contributed by atoms with Crippen LogP contribution in [0.1, 0.15) is 33.5 Å². The van der Waals surface area contributed by atoms with Crippen molar-refractivity contribution in [2.24, 2.45) is 0 Å². The van der Waals surface area contributed by atoms with Gasteiger partial charge < -0.3 is 5.32 Å². The van der Waals surface area contributed by atoms with Gasteiger partial charge in [-0.05, 0) is 50.6 Å². The van der Waals surface area contributed by atoms with Crippen LogP contribution < -0.4 is 5.32 Å². The van der Waals surface area contributed by atoms with Crippen LogP contribution in [0.15, 0.2) is 30.5 Å². The molecule has 1 aliphatic heterocycles. The summed E-state index contributed by atoms with van der Waals surface area (Å²) in [5.74, 6) is 0. The van der Waals surface area contributed by atoms with Gasteiger partial charge in [0.15, 0.2) is 0 Å². The first-order valence-corrected chi connectivity index (χ1v) is 8.50. The third kappa shape index (κ3) is 3.34. The zero-order valence-corrected chi connectivity index (χ0v) is 13.6. The van der Waals surface area contributed by atoms with Gasteiger partial charge in [-0.25, -0.2) is 0 Å². The number of hydrogen-bond acceptors (Lipinski definition) is 4. The number of thiophene rings is 1. The number of nitrogens with zero attached hydrogens (tertiary/aromatic N) is 2. The molecule has 1 N–H and O–H groups in total. The third-order valence-corrected chi connectivity index (χ3v) is 5.13. The highest BCUT2D eigenvalue weighted by molar-refractivity contribution is 7.12. The molecule has 0 aromatic carbocycles. The van der Waals surface area contributed by atoms with Crippen LogP contribution in [0.2, 0.25) is 0 Å². The molecule has 0 aliphatic carbocycles. The van der Waals surface area contributed by atoms with Crippen molar-refractivity contribution in [3.63, 3.8) is 0 Å². The summed E-state index contributed by atoms with van der Waals surface area (Å²) >= 11 is 1.90. The van der Waals surface area contributed by atoms with E-state index in [-0.39, 0.29) is 0 Å². The van der Waals surface area contributed by atoms with E-state index in [1.54, 1.807) is 0 Å². The van der Waals surface area contributed by atoms with Crippen LogP contribution in [0.5, 0.6) is 0 Å². The molecule has 2 aromatic heterocycles. The molecule has 2 aromatic rings. The molecule has 1 aliphatic rings. The Morgan fingerprint density at radius 1 is 1.19 bits per heavy atom. The molecule has 3 heterocycles. The number of rotatable bonds is 3. The molecule has 1 atom stereocenters. The van der Waals surface area contributed by atoms with E-state index in [1.807, 2.05) is 23.6 Å². The van der Waals surface area contributed by atoms with Gasteiger partial charge in [-0.3, -0.25) is 9.88 Å². The highest BCUT2D eigenvalue weighted by atomic mass is 32.1. The number of aryl methyl sites for hydroxylation is 2. The minimum absolute atomic E-state index is 0.296. The summed E-state index contributed by atoms with van der Waals surface area (Å²) in [7, 11) is 0. The van der Waals surface area contributed by atoms with E-state index >= 15 is 0 Å². The fourth-order valence-corrected chi connectivity index (χ4v) is 4.01. The summed E-state index contributed by atoms with van der Waals surface area (Å²) in [6.45, 7) is 8.75. The van der Waals surface area contributed by atoms with Crippen molar-refractivity contribution in [3.05, 3.63) is 51.5 Å². The van der Waals surface area contributed by atoms with E-state index in [0.717, 1.165) is 26.2 Å². The van der Waals surface area contributed by atoms with Crippen molar-refractivity contribution in [2.45, 2.75) is 26.3 Å². The monoisotopic (exact) mass is 301 g/mol. The van der Waals surface area contributed by atoms with Gasteiger partial charge in [0.1, 0.15) is 0 Å². The summed E-state index contributed by atoms with van der Waals surface area (Å²) in [5, 5.41) is 3.50. The van der Waals surface area contributed by atoms with Crippen LogP contribution in [0, 0.1) is 13.8 Å². The Hall–Kier alpha value is -1.23. The maximum absolute atomic E-state index is 4.71. The van der Waals surface area contributed by atoms with E-state index < -0.39 is 0 Å². The quantitative estimate of drug-likeness (QED) is 0.944. The molecule has 0 spiro atoms. The Labute approximate surface area is 131 Å². The largest absolute Gasteiger partial charge is 0.315 e. The van der Waals surface area contributed by atoms with Gasteiger partial charge in [0.05, 0.1) is 11.7 Å². The predicted octanol–water partition coefficient (Wildman–Crippen LogP) is 3.14. The van der Waals surface area contributed by atoms with Crippen LogP contribution in [0.3, 0.4) is 0 Å². The number of aromatic nitrogens is 1. The van der Waals surface area contributed by atoms with E-state index in [0.29, 0.717) is 6.04 Å². The lowest BCUT2D eigenvalue weighted by atomic mass is 10.0. The van der Waals surface area contributed by atoms with Crippen LogP contribution in [0.25, 0.3) is 0 Å². The van der Waals surface area contributed by atoms with Gasteiger partial charge in [-0.15, -0.1) is 11.3 Å². The summed E-state index contributed by atoms with van der Waals surface area (Å²) in [5.41, 5.74) is 2.49. The van der Waals surface area contributed by atoms with E-state index in [9.17, 15) is 0 Å². The average Bonchev–Trinajstić information content (AvgIpc) is 2.74. The molecule has 1 saturated heterocycles. The Kier molecular flexibility index (Phi) is 4.68. The molecule has 0 saturated carbocycles. The summed E-state index contributed by atoms with van der Waals surface area (Å²) in [4.78, 5) is 10.1. The lowest BCUT2D eigenvalue weighted by molar-refractivity contribution is 0.239. The van der Waals surface area contributed by atoms with Crippen molar-refractivity contribution in [3.8, 4) is 0 Å². The Bertz CT molecular complexity index is 585. The lowest BCUT2D eigenvalue weighted by Gasteiger charge is -2.30. The van der Waals surface area contributed by atoms with Crippen molar-refractivity contribution >= 4 is 11.3 Å². The SMILES string of the molecule is Cc1ccc(C(c2ncccc2C)N2CCCNCC2)s1. The molecular formula is C17H23N3S. The second kappa shape index (κ2) is 6.69. The first-order valence-electron chi connectivity index (χ1n) is 7.68. The molecule has 0 bridgehead atoms. The molecule has 3 rings (SSSR count). The van der Waals surface area contributed by atoms with Gasteiger partial charge in [0.25, 0.3) is 0 Å². The van der Waals surface area contributed by atoms with Crippen molar-refractivity contribution < 1.29 is 0 Å². The second-order valence-electron chi connectivity index (χ2n) is 5.70. The molecule has 1 fully saturated rings. The van der Waals surface area contributed by atoms with E-state index in [4.69, 9.17) is 4.98 Å². The fourth-order valence-electron chi connectivity index (χ4n) is 3.00. The van der Waals surface area contributed by atoms with Crippen molar-refractivity contribution in [1.29, 1.82) is 0 Å². The number of hydrogen-bond donors (Lipinski definition) is 1. The van der Waals surface area contributed by atoms with Crippen LogP contribution in [0.4, 0.5) is 0 Å². The summed E-state index contributed by atoms with van der Waals surface area (Å²) in [6.07, 6.45) is 3.12. The molecule has 21 heavy (non-hydrogen) atoms. The molecule has 4 heteroatoms. The number of pyridine rings is 1. The lowest BCUT2D eigenvalue weighted by Crippen LogP contribution is -2.33. The maximum atomic E-state index is 4.71.